The quantitative estimate of drug-likeness (QED) is 0.690. The number of hydrogen-bond donors (Lipinski definition) is 1. The Morgan fingerprint density at radius 3 is 2.52 bits per heavy atom. The zero-order chi connectivity index (χ0) is 18.8. The van der Waals surface area contributed by atoms with Crippen molar-refractivity contribution in [1.29, 1.82) is 0 Å². The summed E-state index contributed by atoms with van der Waals surface area (Å²) < 4.78 is 26.4. The van der Waals surface area contributed by atoms with Crippen LogP contribution < -0.4 is 5.11 Å². The molecule has 0 bridgehead atoms. The molecule has 1 aliphatic heterocycles. The van der Waals surface area contributed by atoms with Gasteiger partial charge in [0.05, 0.1) is 23.0 Å². The van der Waals surface area contributed by atoms with Crippen molar-refractivity contribution in [3.8, 4) is 0 Å². The molecule has 2 rings (SSSR count). The molecule has 1 aliphatic rings. The number of carboxylic acid groups (broad SMARTS) is 1. The van der Waals surface area contributed by atoms with Gasteiger partial charge in [0.15, 0.2) is 0 Å². The van der Waals surface area contributed by atoms with E-state index in [1.165, 1.54) is 28.6 Å². The third-order valence-corrected chi connectivity index (χ3v) is 6.28. The Labute approximate surface area is 146 Å². The molecular weight excluding hydrogens is 348 g/mol. The van der Waals surface area contributed by atoms with Crippen LogP contribution in [0.15, 0.2) is 29.2 Å². The Morgan fingerprint density at radius 2 is 1.96 bits per heavy atom. The van der Waals surface area contributed by atoms with Gasteiger partial charge in [-0.05, 0) is 18.2 Å². The maximum atomic E-state index is 12.6. The number of amides is 1. The minimum Gasteiger partial charge on any atom is -0.548 e. The summed E-state index contributed by atoms with van der Waals surface area (Å²) in [7, 11) is -3.74. The monoisotopic (exact) mass is 369 g/mol. The van der Waals surface area contributed by atoms with Gasteiger partial charge in [0.25, 0.3) is 5.91 Å². The molecule has 9 heteroatoms. The zero-order valence-corrected chi connectivity index (χ0v) is 14.9. The molecule has 2 atom stereocenters. The van der Waals surface area contributed by atoms with E-state index in [-0.39, 0.29) is 23.4 Å². The van der Waals surface area contributed by atoms with Crippen molar-refractivity contribution in [2.75, 3.05) is 19.6 Å². The molecule has 1 heterocycles. The number of rotatable bonds is 6. The van der Waals surface area contributed by atoms with Crippen LogP contribution in [0.4, 0.5) is 0 Å². The number of sulfonamides is 1. The third kappa shape index (κ3) is 3.83. The second-order valence-corrected chi connectivity index (χ2v) is 7.74. The van der Waals surface area contributed by atoms with Crippen LogP contribution in [0, 0.1) is 0 Å². The first-order chi connectivity index (χ1) is 11.7. The van der Waals surface area contributed by atoms with Crippen molar-refractivity contribution in [3.05, 3.63) is 29.8 Å². The van der Waals surface area contributed by atoms with Crippen molar-refractivity contribution >= 4 is 21.9 Å². The molecule has 8 nitrogen and oxygen atoms in total. The van der Waals surface area contributed by atoms with E-state index >= 15 is 0 Å². The van der Waals surface area contributed by atoms with Gasteiger partial charge in [-0.15, -0.1) is 0 Å². The van der Waals surface area contributed by atoms with Gasteiger partial charge in [-0.25, -0.2) is 8.42 Å². The highest BCUT2D eigenvalue weighted by molar-refractivity contribution is 7.89. The second-order valence-electron chi connectivity index (χ2n) is 5.80. The first-order valence-corrected chi connectivity index (χ1v) is 9.46. The van der Waals surface area contributed by atoms with E-state index in [1.54, 1.807) is 13.8 Å². The summed E-state index contributed by atoms with van der Waals surface area (Å²) in [5.74, 6) is -2.10. The van der Waals surface area contributed by atoms with Crippen molar-refractivity contribution in [2.45, 2.75) is 37.3 Å². The van der Waals surface area contributed by atoms with E-state index in [9.17, 15) is 28.2 Å². The minimum absolute atomic E-state index is 0.0354. The lowest BCUT2D eigenvalue weighted by Crippen LogP contribution is -2.47. The van der Waals surface area contributed by atoms with Crippen molar-refractivity contribution in [1.82, 2.24) is 9.21 Å². The Morgan fingerprint density at radius 1 is 1.32 bits per heavy atom. The maximum absolute atomic E-state index is 12.6. The van der Waals surface area contributed by atoms with Gasteiger partial charge < -0.3 is 19.9 Å². The van der Waals surface area contributed by atoms with Gasteiger partial charge in [0.1, 0.15) is 0 Å². The number of aliphatic carboxylic acids is 1. The van der Waals surface area contributed by atoms with Gasteiger partial charge in [0.2, 0.25) is 10.0 Å². The number of aliphatic hydroxyl groups is 1. The van der Waals surface area contributed by atoms with Gasteiger partial charge in [0, 0.05) is 31.6 Å². The Kier molecular flexibility index (Phi) is 5.81. The van der Waals surface area contributed by atoms with Crippen LogP contribution in [0.1, 0.15) is 30.6 Å². The van der Waals surface area contributed by atoms with E-state index in [0.717, 1.165) is 4.90 Å². The number of carbonyl (C=O) groups is 2. The molecule has 138 valence electrons. The van der Waals surface area contributed by atoms with Crippen LogP contribution in [0.3, 0.4) is 0 Å². The van der Waals surface area contributed by atoms with Crippen molar-refractivity contribution in [3.63, 3.8) is 0 Å². The molecule has 1 fully saturated rings. The van der Waals surface area contributed by atoms with Gasteiger partial charge in [-0.1, -0.05) is 19.9 Å². The number of benzene rings is 1. The number of aliphatic hydroxyl groups excluding tert-OH is 1. The summed E-state index contributed by atoms with van der Waals surface area (Å²) in [6.07, 6.45) is -1.06. The fourth-order valence-corrected chi connectivity index (χ4v) is 4.43. The smallest absolute Gasteiger partial charge is 0.254 e. The number of β-amino-alcohol motifs (C(OH)–C–C–N with tert-alkyl or cyclic N) is 1. The maximum Gasteiger partial charge on any atom is 0.254 e. The van der Waals surface area contributed by atoms with Crippen LogP contribution in [0.2, 0.25) is 0 Å². The summed E-state index contributed by atoms with van der Waals surface area (Å²) >= 11 is 0. The molecular formula is C16H21N2O6S-. The van der Waals surface area contributed by atoms with Crippen LogP contribution >= 0.6 is 0 Å². The van der Waals surface area contributed by atoms with Crippen molar-refractivity contribution < 1.29 is 28.2 Å². The summed E-state index contributed by atoms with van der Waals surface area (Å²) in [5, 5.41) is 20.8. The van der Waals surface area contributed by atoms with Crippen molar-refractivity contribution in [2.24, 2.45) is 0 Å². The summed E-state index contributed by atoms with van der Waals surface area (Å²) in [4.78, 5) is 24.7. The molecule has 1 N–H and O–H groups in total. The van der Waals surface area contributed by atoms with E-state index in [4.69, 9.17) is 0 Å². The van der Waals surface area contributed by atoms with Crippen LogP contribution in [0.5, 0.6) is 0 Å². The molecule has 0 aliphatic carbocycles. The summed E-state index contributed by atoms with van der Waals surface area (Å²) in [5.41, 5.74) is 0.0496. The van der Waals surface area contributed by atoms with Gasteiger partial charge in [-0.2, -0.15) is 4.31 Å². The Balaban J connectivity index is 2.35. The average Bonchev–Trinajstić information content (AvgIpc) is 2.97. The fraction of sp³-hybridized carbons (Fsp3) is 0.500. The SMILES string of the molecule is CCN(CC)S(=O)(=O)c1cccc(C(=O)N2C[C@H](O)C[C@@H]2C(=O)[O-])c1. The molecule has 1 aromatic carbocycles. The first kappa shape index (κ1) is 19.4. The van der Waals surface area contributed by atoms with Gasteiger partial charge >= 0.3 is 0 Å². The molecule has 25 heavy (non-hydrogen) atoms. The largest absolute Gasteiger partial charge is 0.548 e. The Hall–Kier alpha value is -1.97. The highest BCUT2D eigenvalue weighted by atomic mass is 32.2. The standard InChI is InChI=1S/C16H22N2O6S/c1-3-17(4-2)25(23,24)13-7-5-6-11(8-13)15(20)18-10-12(19)9-14(18)16(21)22/h5-8,12,14,19H,3-4,9-10H2,1-2H3,(H,21,22)/p-1/t12-,14-/m1/s1. The predicted octanol–water partition coefficient (Wildman–Crippen LogP) is -0.958. The number of carbonyl (C=O) groups excluding carboxylic acids is 2. The molecule has 0 aromatic heterocycles. The lowest BCUT2D eigenvalue weighted by molar-refractivity contribution is -0.310. The van der Waals surface area contributed by atoms with Crippen LogP contribution in [0.25, 0.3) is 0 Å². The lowest BCUT2D eigenvalue weighted by Gasteiger charge is -2.25. The molecule has 1 aromatic rings. The average molecular weight is 369 g/mol. The summed E-state index contributed by atoms with van der Waals surface area (Å²) in [6, 6.07) is 4.24. The Bertz CT molecular complexity index is 760. The molecule has 0 radical (unpaired) electrons. The van der Waals surface area contributed by atoms with E-state index < -0.39 is 34.0 Å². The number of nitrogens with zero attached hydrogens (tertiary/aromatic N) is 2. The molecule has 1 saturated heterocycles. The predicted molar refractivity (Wildman–Crippen MR) is 87.0 cm³/mol. The second kappa shape index (κ2) is 7.51. The van der Waals surface area contributed by atoms with Gasteiger partial charge in [-0.3, -0.25) is 4.79 Å². The first-order valence-electron chi connectivity index (χ1n) is 8.02. The highest BCUT2D eigenvalue weighted by Gasteiger charge is 2.36. The topological polar surface area (TPSA) is 118 Å². The van der Waals surface area contributed by atoms with E-state index in [0.29, 0.717) is 13.1 Å². The fourth-order valence-electron chi connectivity index (χ4n) is 2.93. The number of hydrogen-bond acceptors (Lipinski definition) is 6. The molecule has 0 spiro atoms. The molecule has 0 saturated carbocycles. The molecule has 0 unspecified atom stereocenters. The minimum atomic E-state index is -3.74. The normalized spacial score (nSPS) is 20.9. The lowest BCUT2D eigenvalue weighted by atomic mass is 10.1. The van der Waals surface area contributed by atoms with Crippen LogP contribution in [-0.4, -0.2) is 66.4 Å². The third-order valence-electron chi connectivity index (χ3n) is 4.24. The summed E-state index contributed by atoms with van der Waals surface area (Å²) in [6.45, 7) is 3.88. The van der Waals surface area contributed by atoms with Crippen LogP contribution in [-0.2, 0) is 14.8 Å². The highest BCUT2D eigenvalue weighted by Crippen LogP contribution is 2.23. The number of carboxylic acids is 1. The van der Waals surface area contributed by atoms with E-state index in [2.05, 4.69) is 0 Å². The van der Waals surface area contributed by atoms with E-state index in [1.807, 2.05) is 0 Å². The zero-order valence-electron chi connectivity index (χ0n) is 14.1. The number of likely N-dealkylation sites (tertiary alicyclic amines) is 1. The molecule has 1 amide bonds.